The zero-order chi connectivity index (χ0) is 18.7. The molecule has 0 saturated heterocycles. The number of anilines is 1. The van der Waals surface area contributed by atoms with E-state index < -0.39 is 0 Å². The Bertz CT molecular complexity index is 934. The van der Waals surface area contributed by atoms with Crippen molar-refractivity contribution in [1.82, 2.24) is 10.5 Å². The molecule has 0 fully saturated rings. The number of nitrogens with one attached hydrogen (secondary N) is 2. The molecule has 0 aliphatic rings. The van der Waals surface area contributed by atoms with Gasteiger partial charge >= 0.3 is 6.03 Å². The molecule has 0 bridgehead atoms. The molecule has 0 saturated carbocycles. The predicted molar refractivity (Wildman–Crippen MR) is 104 cm³/mol. The quantitative estimate of drug-likeness (QED) is 0.611. The first-order valence-corrected chi connectivity index (χ1v) is 8.71. The Morgan fingerprint density at radius 3 is 2.54 bits per heavy atom. The summed E-state index contributed by atoms with van der Waals surface area (Å²) in [6, 6.07) is 12.6. The Hall–Kier alpha value is -2.50. The van der Waals surface area contributed by atoms with Crippen molar-refractivity contribution < 1.29 is 9.32 Å². The number of carbonyl (C=O) groups is 1. The first-order chi connectivity index (χ1) is 12.4. The molecule has 5 nitrogen and oxygen atoms in total. The molecule has 7 heteroatoms. The molecule has 134 valence electrons. The topological polar surface area (TPSA) is 67.2 Å². The van der Waals surface area contributed by atoms with Gasteiger partial charge in [0.1, 0.15) is 5.76 Å². The predicted octanol–water partition coefficient (Wildman–Crippen LogP) is 5.59. The van der Waals surface area contributed by atoms with Crippen LogP contribution in [0.2, 0.25) is 10.0 Å². The van der Waals surface area contributed by atoms with Crippen LogP contribution in [0, 0.1) is 13.8 Å². The third-order valence-electron chi connectivity index (χ3n) is 3.98. The van der Waals surface area contributed by atoms with E-state index in [0.717, 1.165) is 22.4 Å². The number of hydrogen-bond donors (Lipinski definition) is 2. The molecule has 0 radical (unpaired) electrons. The van der Waals surface area contributed by atoms with E-state index in [0.29, 0.717) is 28.0 Å². The van der Waals surface area contributed by atoms with Crippen LogP contribution in [0.3, 0.4) is 0 Å². The first kappa shape index (κ1) is 18.3. The number of nitrogens with zero attached hydrogens (tertiary/aromatic N) is 1. The number of amides is 2. The number of urea groups is 1. The lowest BCUT2D eigenvalue weighted by Gasteiger charge is -2.10. The van der Waals surface area contributed by atoms with Crippen LogP contribution >= 0.6 is 23.2 Å². The summed E-state index contributed by atoms with van der Waals surface area (Å²) >= 11 is 12.0. The lowest BCUT2D eigenvalue weighted by atomic mass is 10.1. The van der Waals surface area contributed by atoms with E-state index in [1.165, 1.54) is 0 Å². The Balaban J connectivity index is 1.68. The maximum Gasteiger partial charge on any atom is 0.319 e. The number of halogens is 2. The van der Waals surface area contributed by atoms with E-state index in [9.17, 15) is 4.79 Å². The second-order valence-corrected chi connectivity index (χ2v) is 6.63. The monoisotopic (exact) mass is 389 g/mol. The Kier molecular flexibility index (Phi) is 5.49. The fourth-order valence-corrected chi connectivity index (χ4v) is 2.85. The lowest BCUT2D eigenvalue weighted by molar-refractivity contribution is 0.251. The number of aromatic nitrogens is 1. The normalized spacial score (nSPS) is 10.6. The Labute approximate surface area is 161 Å². The van der Waals surface area contributed by atoms with E-state index in [-0.39, 0.29) is 6.03 Å². The van der Waals surface area contributed by atoms with Crippen molar-refractivity contribution in [1.29, 1.82) is 0 Å². The maximum atomic E-state index is 12.2. The summed E-state index contributed by atoms with van der Waals surface area (Å²) in [5.41, 5.74) is 4.16. The van der Waals surface area contributed by atoms with Crippen molar-refractivity contribution >= 4 is 34.9 Å². The summed E-state index contributed by atoms with van der Waals surface area (Å²) in [6.07, 6.45) is 0. The highest BCUT2D eigenvalue weighted by Crippen LogP contribution is 2.29. The van der Waals surface area contributed by atoms with Gasteiger partial charge in [-0.15, -0.1) is 0 Å². The van der Waals surface area contributed by atoms with Crippen LogP contribution < -0.4 is 10.6 Å². The van der Waals surface area contributed by atoms with Crippen LogP contribution in [0.25, 0.3) is 11.1 Å². The number of rotatable bonds is 4. The highest BCUT2D eigenvalue weighted by molar-refractivity contribution is 6.42. The third-order valence-corrected chi connectivity index (χ3v) is 4.72. The molecular weight excluding hydrogens is 373 g/mol. The molecule has 1 heterocycles. The molecule has 26 heavy (non-hydrogen) atoms. The molecule has 0 aliphatic carbocycles. The van der Waals surface area contributed by atoms with E-state index in [4.69, 9.17) is 27.7 Å². The highest BCUT2D eigenvalue weighted by atomic mass is 35.5. The Morgan fingerprint density at radius 1 is 1.08 bits per heavy atom. The van der Waals surface area contributed by atoms with Crippen molar-refractivity contribution in [3.8, 4) is 11.1 Å². The molecule has 0 aliphatic heterocycles. The van der Waals surface area contributed by atoms with Gasteiger partial charge in [-0.1, -0.05) is 46.6 Å². The minimum Gasteiger partial charge on any atom is -0.361 e. The summed E-state index contributed by atoms with van der Waals surface area (Å²) in [7, 11) is 0. The highest BCUT2D eigenvalue weighted by Gasteiger charge is 2.10. The van der Waals surface area contributed by atoms with E-state index in [2.05, 4.69) is 15.8 Å². The van der Waals surface area contributed by atoms with E-state index >= 15 is 0 Å². The molecule has 2 amide bonds. The van der Waals surface area contributed by atoms with Crippen molar-refractivity contribution in [3.63, 3.8) is 0 Å². The molecule has 2 aromatic carbocycles. The molecule has 3 aromatic rings. The molecule has 3 rings (SSSR count). The van der Waals surface area contributed by atoms with Crippen molar-refractivity contribution in [2.24, 2.45) is 0 Å². The van der Waals surface area contributed by atoms with Crippen LogP contribution in [0.5, 0.6) is 0 Å². The summed E-state index contributed by atoms with van der Waals surface area (Å²) in [6.45, 7) is 4.00. The fourth-order valence-electron chi connectivity index (χ4n) is 2.55. The van der Waals surface area contributed by atoms with Gasteiger partial charge in [0.05, 0.1) is 15.7 Å². The van der Waals surface area contributed by atoms with Crippen LogP contribution in [0.1, 0.15) is 17.0 Å². The maximum absolute atomic E-state index is 12.2. The van der Waals surface area contributed by atoms with Crippen molar-refractivity contribution in [3.05, 3.63) is 69.5 Å². The SMILES string of the molecule is Cc1noc(C)c1CNC(=O)Nc1cccc(-c2ccc(Cl)c(Cl)c2)c1. The number of hydrogen-bond acceptors (Lipinski definition) is 3. The minimum absolute atomic E-state index is 0.309. The standard InChI is InChI=1S/C19H17Cl2N3O2/c1-11-16(12(2)26-24-11)10-22-19(25)23-15-5-3-4-13(8-15)14-6-7-17(20)18(21)9-14/h3-9H,10H2,1-2H3,(H2,22,23,25). The largest absolute Gasteiger partial charge is 0.361 e. The molecule has 0 spiro atoms. The zero-order valence-electron chi connectivity index (χ0n) is 14.3. The van der Waals surface area contributed by atoms with Crippen LogP contribution in [0.4, 0.5) is 10.5 Å². The molecule has 2 N–H and O–H groups in total. The second kappa shape index (κ2) is 7.81. The van der Waals surface area contributed by atoms with Gasteiger partial charge in [-0.05, 0) is 49.2 Å². The average molecular weight is 390 g/mol. The number of carbonyl (C=O) groups excluding carboxylic acids is 1. The van der Waals surface area contributed by atoms with Gasteiger partial charge in [0, 0.05) is 17.8 Å². The van der Waals surface area contributed by atoms with Gasteiger partial charge in [-0.25, -0.2) is 4.79 Å². The van der Waals surface area contributed by atoms with Crippen LogP contribution in [-0.4, -0.2) is 11.2 Å². The summed E-state index contributed by atoms with van der Waals surface area (Å²) in [5.74, 6) is 0.699. The lowest BCUT2D eigenvalue weighted by Crippen LogP contribution is -2.28. The molecule has 0 unspecified atom stereocenters. The van der Waals surface area contributed by atoms with Gasteiger partial charge in [0.15, 0.2) is 0 Å². The molecule has 0 atom stereocenters. The zero-order valence-corrected chi connectivity index (χ0v) is 15.8. The van der Waals surface area contributed by atoms with Gasteiger partial charge in [-0.2, -0.15) is 0 Å². The fraction of sp³-hybridized carbons (Fsp3) is 0.158. The van der Waals surface area contributed by atoms with Gasteiger partial charge in [0.2, 0.25) is 0 Å². The molecule has 1 aromatic heterocycles. The Morgan fingerprint density at radius 2 is 1.85 bits per heavy atom. The number of aryl methyl sites for hydroxylation is 2. The van der Waals surface area contributed by atoms with Crippen LogP contribution in [-0.2, 0) is 6.54 Å². The van der Waals surface area contributed by atoms with Crippen molar-refractivity contribution in [2.45, 2.75) is 20.4 Å². The summed E-state index contributed by atoms with van der Waals surface area (Å²) in [5, 5.41) is 10.5. The number of benzene rings is 2. The van der Waals surface area contributed by atoms with E-state index in [1.807, 2.05) is 44.2 Å². The minimum atomic E-state index is -0.309. The third kappa shape index (κ3) is 4.18. The van der Waals surface area contributed by atoms with Crippen molar-refractivity contribution in [2.75, 3.05) is 5.32 Å². The molecular formula is C19H17Cl2N3O2. The summed E-state index contributed by atoms with van der Waals surface area (Å²) in [4.78, 5) is 12.2. The van der Waals surface area contributed by atoms with Gasteiger partial charge in [0.25, 0.3) is 0 Å². The summed E-state index contributed by atoms with van der Waals surface area (Å²) < 4.78 is 5.09. The average Bonchev–Trinajstić information content (AvgIpc) is 2.94. The van der Waals surface area contributed by atoms with Gasteiger partial charge in [-0.3, -0.25) is 0 Å². The second-order valence-electron chi connectivity index (χ2n) is 5.82. The van der Waals surface area contributed by atoms with Crippen LogP contribution in [0.15, 0.2) is 47.0 Å². The van der Waals surface area contributed by atoms with Gasteiger partial charge < -0.3 is 15.2 Å². The first-order valence-electron chi connectivity index (χ1n) is 7.96. The van der Waals surface area contributed by atoms with E-state index in [1.54, 1.807) is 12.1 Å². The smallest absolute Gasteiger partial charge is 0.319 e.